The van der Waals surface area contributed by atoms with Gasteiger partial charge in [0, 0.05) is 30.9 Å². The smallest absolute Gasteiger partial charge is 0.305 e. The third kappa shape index (κ3) is 3.38. The number of methoxy groups -OCH3 is 1. The van der Waals surface area contributed by atoms with E-state index in [1.807, 2.05) is 24.3 Å². The first-order valence-corrected chi connectivity index (χ1v) is 6.46. The van der Waals surface area contributed by atoms with Crippen LogP contribution in [-0.4, -0.2) is 43.4 Å². The lowest BCUT2D eigenvalue weighted by Gasteiger charge is -2.40. The van der Waals surface area contributed by atoms with Crippen LogP contribution in [0.3, 0.4) is 0 Å². The Hall–Kier alpha value is -1.75. The Morgan fingerprint density at radius 3 is 3.05 bits per heavy atom. The number of rotatable bonds is 4. The number of aliphatic carboxylic acids is 1. The minimum Gasteiger partial charge on any atom is -0.497 e. The fraction of sp³-hybridized carbons (Fsp3) is 0.500. The van der Waals surface area contributed by atoms with Crippen molar-refractivity contribution in [2.45, 2.75) is 25.4 Å². The zero-order valence-electron chi connectivity index (χ0n) is 11.3. The first kappa shape index (κ1) is 13.7. The third-order valence-corrected chi connectivity index (χ3v) is 3.41. The Kier molecular flexibility index (Phi) is 4.27. The fourth-order valence-electron chi connectivity index (χ4n) is 2.45. The molecule has 0 radical (unpaired) electrons. The van der Waals surface area contributed by atoms with E-state index in [0.717, 1.165) is 18.0 Å². The highest BCUT2D eigenvalue weighted by Crippen LogP contribution is 2.25. The van der Waals surface area contributed by atoms with Gasteiger partial charge in [-0.2, -0.15) is 0 Å². The number of anilines is 1. The third-order valence-electron chi connectivity index (χ3n) is 3.41. The second-order valence-electron chi connectivity index (χ2n) is 4.91. The summed E-state index contributed by atoms with van der Waals surface area (Å²) in [5.74, 6) is 0.0204. The largest absolute Gasteiger partial charge is 0.497 e. The molecule has 1 fully saturated rings. The van der Waals surface area contributed by atoms with E-state index in [1.54, 1.807) is 7.11 Å². The van der Waals surface area contributed by atoms with E-state index in [0.29, 0.717) is 12.6 Å². The lowest BCUT2D eigenvalue weighted by atomic mass is 10.1. The minimum absolute atomic E-state index is 0.0270. The minimum atomic E-state index is -0.769. The SMILES string of the molecule is COc1cccc(N2CC(C)NCC2CC(=O)O)c1. The van der Waals surface area contributed by atoms with Crippen molar-refractivity contribution in [3.05, 3.63) is 24.3 Å². The van der Waals surface area contributed by atoms with E-state index in [-0.39, 0.29) is 12.5 Å². The number of nitrogens with zero attached hydrogens (tertiary/aromatic N) is 1. The summed E-state index contributed by atoms with van der Waals surface area (Å²) < 4.78 is 5.23. The zero-order chi connectivity index (χ0) is 13.8. The Morgan fingerprint density at radius 1 is 1.58 bits per heavy atom. The first-order chi connectivity index (χ1) is 9.10. The number of hydrogen-bond acceptors (Lipinski definition) is 4. The number of carbonyl (C=O) groups is 1. The van der Waals surface area contributed by atoms with Crippen molar-refractivity contribution in [3.63, 3.8) is 0 Å². The molecule has 0 aliphatic carbocycles. The van der Waals surface area contributed by atoms with Crippen molar-refractivity contribution in [1.82, 2.24) is 5.32 Å². The number of piperazine rings is 1. The predicted molar refractivity (Wildman–Crippen MR) is 73.8 cm³/mol. The molecule has 1 aliphatic rings. The molecule has 0 saturated carbocycles. The van der Waals surface area contributed by atoms with Crippen LogP contribution in [0.5, 0.6) is 5.75 Å². The van der Waals surface area contributed by atoms with E-state index < -0.39 is 5.97 Å². The van der Waals surface area contributed by atoms with Crippen molar-refractivity contribution in [2.24, 2.45) is 0 Å². The molecule has 1 aromatic rings. The average Bonchev–Trinajstić information content (AvgIpc) is 2.40. The number of nitrogens with one attached hydrogen (secondary N) is 1. The Bertz CT molecular complexity index is 450. The normalized spacial score (nSPS) is 23.2. The van der Waals surface area contributed by atoms with Crippen LogP contribution in [0.2, 0.25) is 0 Å². The summed E-state index contributed by atoms with van der Waals surface area (Å²) in [6.45, 7) is 3.58. The van der Waals surface area contributed by atoms with Gasteiger partial charge in [0.1, 0.15) is 5.75 Å². The average molecular weight is 264 g/mol. The van der Waals surface area contributed by atoms with Crippen molar-refractivity contribution in [3.8, 4) is 5.75 Å². The molecule has 1 aliphatic heterocycles. The van der Waals surface area contributed by atoms with Gasteiger partial charge in [-0.3, -0.25) is 4.79 Å². The highest BCUT2D eigenvalue weighted by Gasteiger charge is 2.27. The highest BCUT2D eigenvalue weighted by atomic mass is 16.5. The molecule has 5 nitrogen and oxygen atoms in total. The summed E-state index contributed by atoms with van der Waals surface area (Å²) in [5.41, 5.74) is 1.01. The quantitative estimate of drug-likeness (QED) is 0.859. The van der Waals surface area contributed by atoms with Gasteiger partial charge in [-0.1, -0.05) is 6.07 Å². The van der Waals surface area contributed by atoms with E-state index in [1.165, 1.54) is 0 Å². The maximum Gasteiger partial charge on any atom is 0.305 e. The van der Waals surface area contributed by atoms with Crippen LogP contribution in [0.15, 0.2) is 24.3 Å². The lowest BCUT2D eigenvalue weighted by Crippen LogP contribution is -2.56. The number of carboxylic acid groups (broad SMARTS) is 1. The molecular formula is C14H20N2O3. The van der Waals surface area contributed by atoms with Crippen molar-refractivity contribution < 1.29 is 14.6 Å². The van der Waals surface area contributed by atoms with E-state index in [2.05, 4.69) is 17.1 Å². The number of carboxylic acids is 1. The predicted octanol–water partition coefficient (Wildman–Crippen LogP) is 1.34. The van der Waals surface area contributed by atoms with Crippen molar-refractivity contribution in [2.75, 3.05) is 25.1 Å². The molecular weight excluding hydrogens is 244 g/mol. The van der Waals surface area contributed by atoms with Gasteiger partial charge < -0.3 is 20.1 Å². The summed E-state index contributed by atoms with van der Waals surface area (Å²) in [6.07, 6.45) is 0.136. The molecule has 19 heavy (non-hydrogen) atoms. The summed E-state index contributed by atoms with van der Waals surface area (Å²) >= 11 is 0. The molecule has 1 aromatic carbocycles. The first-order valence-electron chi connectivity index (χ1n) is 6.46. The van der Waals surface area contributed by atoms with Crippen LogP contribution in [0.25, 0.3) is 0 Å². The highest BCUT2D eigenvalue weighted by molar-refractivity contribution is 5.69. The molecule has 2 atom stereocenters. The maximum absolute atomic E-state index is 11.0. The standard InChI is InChI=1S/C14H20N2O3/c1-10-9-16(12(8-15-10)7-14(17)18)11-4-3-5-13(6-11)19-2/h3-6,10,12,15H,7-9H2,1-2H3,(H,17,18). The number of hydrogen-bond donors (Lipinski definition) is 2. The molecule has 0 aromatic heterocycles. The van der Waals surface area contributed by atoms with Crippen molar-refractivity contribution >= 4 is 11.7 Å². The van der Waals surface area contributed by atoms with Crippen LogP contribution in [0.4, 0.5) is 5.69 Å². The van der Waals surface area contributed by atoms with E-state index in [4.69, 9.17) is 9.84 Å². The second-order valence-corrected chi connectivity index (χ2v) is 4.91. The Morgan fingerprint density at radius 2 is 2.37 bits per heavy atom. The van der Waals surface area contributed by atoms with Crippen LogP contribution in [-0.2, 0) is 4.79 Å². The second kappa shape index (κ2) is 5.93. The number of benzene rings is 1. The molecule has 0 amide bonds. The molecule has 0 spiro atoms. The monoisotopic (exact) mass is 264 g/mol. The molecule has 2 unspecified atom stereocenters. The van der Waals surface area contributed by atoms with Crippen LogP contribution in [0.1, 0.15) is 13.3 Å². The summed E-state index contributed by atoms with van der Waals surface area (Å²) in [6, 6.07) is 8.08. The molecule has 1 saturated heterocycles. The molecule has 2 rings (SSSR count). The summed E-state index contributed by atoms with van der Waals surface area (Å²) in [7, 11) is 1.63. The Labute approximate surface area is 113 Å². The zero-order valence-corrected chi connectivity index (χ0v) is 11.3. The molecule has 2 N–H and O–H groups in total. The van der Waals surface area contributed by atoms with Gasteiger partial charge in [-0.05, 0) is 19.1 Å². The van der Waals surface area contributed by atoms with E-state index >= 15 is 0 Å². The summed E-state index contributed by atoms with van der Waals surface area (Å²) in [5, 5.41) is 12.3. The molecule has 104 valence electrons. The van der Waals surface area contributed by atoms with E-state index in [9.17, 15) is 4.79 Å². The van der Waals surface area contributed by atoms with Gasteiger partial charge >= 0.3 is 5.97 Å². The Balaban J connectivity index is 2.22. The fourth-order valence-corrected chi connectivity index (χ4v) is 2.45. The van der Waals surface area contributed by atoms with Crippen LogP contribution < -0.4 is 15.0 Å². The molecule has 5 heteroatoms. The number of ether oxygens (including phenoxy) is 1. The van der Waals surface area contributed by atoms with Crippen molar-refractivity contribution in [1.29, 1.82) is 0 Å². The van der Waals surface area contributed by atoms with Crippen LogP contribution in [0, 0.1) is 0 Å². The maximum atomic E-state index is 11.0. The van der Waals surface area contributed by atoms with Gasteiger partial charge in [-0.15, -0.1) is 0 Å². The molecule has 1 heterocycles. The van der Waals surface area contributed by atoms with Gasteiger partial charge in [0.15, 0.2) is 0 Å². The van der Waals surface area contributed by atoms with Crippen LogP contribution >= 0.6 is 0 Å². The van der Waals surface area contributed by atoms with Gasteiger partial charge in [0.25, 0.3) is 0 Å². The van der Waals surface area contributed by atoms with Gasteiger partial charge in [0.05, 0.1) is 19.6 Å². The lowest BCUT2D eigenvalue weighted by molar-refractivity contribution is -0.137. The summed E-state index contributed by atoms with van der Waals surface area (Å²) in [4.78, 5) is 13.1. The van der Waals surface area contributed by atoms with Gasteiger partial charge in [0.2, 0.25) is 0 Å². The topological polar surface area (TPSA) is 61.8 Å². The van der Waals surface area contributed by atoms with Gasteiger partial charge in [-0.25, -0.2) is 0 Å². The molecule has 0 bridgehead atoms.